The summed E-state index contributed by atoms with van der Waals surface area (Å²) in [4.78, 5) is 71.8. The van der Waals surface area contributed by atoms with Gasteiger partial charge in [-0.25, -0.2) is 9.13 Å². The number of aliphatic hydroxyl groups is 1. The number of carbonyl (C=O) groups is 4. The number of unbranched alkanes of at least 4 members (excludes halogenated alkanes) is 31. The van der Waals surface area contributed by atoms with E-state index in [2.05, 4.69) is 34.6 Å². The van der Waals surface area contributed by atoms with Crippen molar-refractivity contribution in [2.45, 2.75) is 316 Å². The molecule has 19 heteroatoms. The van der Waals surface area contributed by atoms with Crippen LogP contribution >= 0.6 is 15.6 Å². The van der Waals surface area contributed by atoms with Crippen LogP contribution in [-0.2, 0) is 65.4 Å². The quantitative estimate of drug-likeness (QED) is 0.0222. The van der Waals surface area contributed by atoms with Gasteiger partial charge in [-0.2, -0.15) is 0 Å². The maximum absolute atomic E-state index is 12.9. The molecule has 0 saturated carbocycles. The maximum Gasteiger partial charge on any atom is 0.472 e. The van der Waals surface area contributed by atoms with Crippen molar-refractivity contribution in [2.24, 2.45) is 5.92 Å². The minimum absolute atomic E-state index is 0.104. The SMILES string of the molecule is CCCCCCCCCCCCC(=O)OC[C@H](COP(=O)(O)OC[C@@H](O)COP(=O)(O)OC[C@@H](COC(=O)CCCCCCCCC)OC(=O)CCCCCCCCCC)OC(=O)CCCCCCCCCCCCC(C)CC. The molecule has 0 rings (SSSR count). The van der Waals surface area contributed by atoms with Crippen LogP contribution in [0.15, 0.2) is 0 Å². The van der Waals surface area contributed by atoms with Gasteiger partial charge in [-0.1, -0.05) is 247 Å². The minimum Gasteiger partial charge on any atom is -0.462 e. The lowest BCUT2D eigenvalue weighted by Crippen LogP contribution is -2.30. The van der Waals surface area contributed by atoms with Gasteiger partial charge in [0.2, 0.25) is 0 Å². The van der Waals surface area contributed by atoms with Gasteiger partial charge in [0.1, 0.15) is 19.3 Å². The molecule has 0 bridgehead atoms. The Morgan fingerprint density at radius 1 is 0.354 bits per heavy atom. The standard InChI is InChI=1S/C60H116O17P2/c1-6-10-13-16-19-21-25-30-34-39-44-58(63)71-50-56(77-60(65)46-41-36-31-26-23-22-24-28-32-37-42-53(5)9-4)52-75-79(68,69)73-48-54(61)47-72-78(66,67)74-51-55(49-70-57(62)43-38-33-27-18-15-12-8-3)76-59(64)45-40-35-29-20-17-14-11-7-2/h53-56,61H,6-52H2,1-5H3,(H,66,67)(H,68,69)/t53?,54-,55+,56+/m0/s1. The summed E-state index contributed by atoms with van der Waals surface area (Å²) in [5.74, 6) is -1.34. The van der Waals surface area contributed by atoms with Crippen LogP contribution in [0.3, 0.4) is 0 Å². The molecule has 0 saturated heterocycles. The van der Waals surface area contributed by atoms with Gasteiger partial charge in [0, 0.05) is 25.7 Å². The van der Waals surface area contributed by atoms with Crippen molar-refractivity contribution in [1.29, 1.82) is 0 Å². The highest BCUT2D eigenvalue weighted by molar-refractivity contribution is 7.47. The van der Waals surface area contributed by atoms with Crippen LogP contribution in [0, 0.1) is 5.92 Å². The molecule has 0 aliphatic rings. The van der Waals surface area contributed by atoms with Crippen LogP contribution in [0.4, 0.5) is 0 Å². The normalized spacial score (nSPS) is 14.7. The number of carbonyl (C=O) groups excluding carboxylic acids is 4. The van der Waals surface area contributed by atoms with Gasteiger partial charge < -0.3 is 33.8 Å². The Balaban J connectivity index is 5.20. The van der Waals surface area contributed by atoms with Crippen LogP contribution in [0.2, 0.25) is 0 Å². The molecule has 0 amide bonds. The molecule has 0 aromatic carbocycles. The van der Waals surface area contributed by atoms with Crippen molar-refractivity contribution in [2.75, 3.05) is 39.6 Å². The third-order valence-corrected chi connectivity index (χ3v) is 16.0. The number of esters is 4. The average Bonchev–Trinajstić information content (AvgIpc) is 3.42. The van der Waals surface area contributed by atoms with Crippen LogP contribution in [0.5, 0.6) is 0 Å². The second-order valence-electron chi connectivity index (χ2n) is 22.0. The van der Waals surface area contributed by atoms with Gasteiger partial charge in [-0.3, -0.25) is 37.3 Å². The zero-order valence-electron chi connectivity index (χ0n) is 50.5. The molecule has 0 aromatic rings. The van der Waals surface area contributed by atoms with Crippen molar-refractivity contribution in [3.63, 3.8) is 0 Å². The first kappa shape index (κ1) is 77.1. The third kappa shape index (κ3) is 53.8. The van der Waals surface area contributed by atoms with Gasteiger partial charge in [-0.15, -0.1) is 0 Å². The van der Waals surface area contributed by atoms with Crippen molar-refractivity contribution in [1.82, 2.24) is 0 Å². The number of rotatable bonds is 60. The number of phosphoric acid groups is 2. The van der Waals surface area contributed by atoms with E-state index < -0.39 is 97.5 Å². The minimum atomic E-state index is -4.94. The fourth-order valence-electron chi connectivity index (χ4n) is 8.84. The summed E-state index contributed by atoms with van der Waals surface area (Å²) >= 11 is 0. The highest BCUT2D eigenvalue weighted by atomic mass is 31.2. The molecule has 3 N–H and O–H groups in total. The van der Waals surface area contributed by atoms with E-state index >= 15 is 0 Å². The Kier molecular flexibility index (Phi) is 52.7. The van der Waals surface area contributed by atoms with E-state index in [0.29, 0.717) is 25.7 Å². The number of aliphatic hydroxyl groups excluding tert-OH is 1. The molecule has 0 heterocycles. The first-order valence-electron chi connectivity index (χ1n) is 31.7. The Bertz CT molecular complexity index is 1550. The molecule has 0 aliphatic carbocycles. The Labute approximate surface area is 479 Å². The molecule has 0 aromatic heterocycles. The highest BCUT2D eigenvalue weighted by Crippen LogP contribution is 2.45. The topological polar surface area (TPSA) is 237 Å². The molecular formula is C60H116O17P2. The van der Waals surface area contributed by atoms with Gasteiger partial charge in [0.15, 0.2) is 12.2 Å². The van der Waals surface area contributed by atoms with Crippen molar-refractivity contribution >= 4 is 39.5 Å². The fraction of sp³-hybridized carbons (Fsp3) is 0.933. The van der Waals surface area contributed by atoms with E-state index in [9.17, 15) is 43.2 Å². The first-order valence-corrected chi connectivity index (χ1v) is 34.7. The highest BCUT2D eigenvalue weighted by Gasteiger charge is 2.30. The summed E-state index contributed by atoms with van der Waals surface area (Å²) in [6.07, 6.45) is 36.2. The molecule has 6 atom stereocenters. The smallest absolute Gasteiger partial charge is 0.462 e. The van der Waals surface area contributed by atoms with Gasteiger partial charge in [0.05, 0.1) is 26.4 Å². The second-order valence-corrected chi connectivity index (χ2v) is 24.9. The zero-order valence-corrected chi connectivity index (χ0v) is 52.3. The Hall–Kier alpha value is -1.94. The summed E-state index contributed by atoms with van der Waals surface area (Å²) in [6, 6.07) is 0. The summed E-state index contributed by atoms with van der Waals surface area (Å²) < 4.78 is 67.7. The maximum atomic E-state index is 12.9. The molecule has 468 valence electrons. The van der Waals surface area contributed by atoms with Crippen LogP contribution in [0.1, 0.15) is 298 Å². The van der Waals surface area contributed by atoms with Crippen LogP contribution < -0.4 is 0 Å². The van der Waals surface area contributed by atoms with E-state index in [-0.39, 0.29) is 25.7 Å². The fourth-order valence-corrected chi connectivity index (χ4v) is 10.4. The molecule has 0 fully saturated rings. The van der Waals surface area contributed by atoms with Gasteiger partial charge >= 0.3 is 39.5 Å². The lowest BCUT2D eigenvalue weighted by molar-refractivity contribution is -0.161. The average molecular weight is 1170 g/mol. The third-order valence-electron chi connectivity index (χ3n) is 14.1. The van der Waals surface area contributed by atoms with Crippen LogP contribution in [0.25, 0.3) is 0 Å². The summed E-state index contributed by atoms with van der Waals surface area (Å²) in [5, 5.41) is 10.5. The monoisotopic (exact) mass is 1170 g/mol. The Morgan fingerprint density at radius 2 is 0.608 bits per heavy atom. The Morgan fingerprint density at radius 3 is 0.899 bits per heavy atom. The second kappa shape index (κ2) is 54.0. The van der Waals surface area contributed by atoms with Crippen molar-refractivity contribution in [3.8, 4) is 0 Å². The predicted octanol–water partition coefficient (Wildman–Crippen LogP) is 16.2. The molecule has 17 nitrogen and oxygen atoms in total. The first-order chi connectivity index (χ1) is 38.1. The molecule has 0 radical (unpaired) electrons. The zero-order chi connectivity index (χ0) is 58.5. The van der Waals surface area contributed by atoms with E-state index in [0.717, 1.165) is 115 Å². The van der Waals surface area contributed by atoms with Crippen molar-refractivity contribution < 1.29 is 80.2 Å². The van der Waals surface area contributed by atoms with Gasteiger partial charge in [0.25, 0.3) is 0 Å². The van der Waals surface area contributed by atoms with Crippen molar-refractivity contribution in [3.05, 3.63) is 0 Å². The summed E-state index contributed by atoms with van der Waals surface area (Å²) in [7, 11) is -9.87. The van der Waals surface area contributed by atoms with E-state index in [1.54, 1.807) is 0 Å². The predicted molar refractivity (Wildman–Crippen MR) is 312 cm³/mol. The molecule has 0 aliphatic heterocycles. The number of phosphoric ester groups is 2. The lowest BCUT2D eigenvalue weighted by atomic mass is 9.99. The molecule has 3 unspecified atom stereocenters. The number of ether oxygens (including phenoxy) is 4. The van der Waals surface area contributed by atoms with E-state index in [4.69, 9.17) is 37.0 Å². The van der Waals surface area contributed by atoms with E-state index in [1.807, 2.05) is 0 Å². The molecule has 0 spiro atoms. The van der Waals surface area contributed by atoms with Crippen LogP contribution in [-0.4, -0.2) is 96.7 Å². The number of hydrogen-bond donors (Lipinski definition) is 3. The largest absolute Gasteiger partial charge is 0.472 e. The summed E-state index contributed by atoms with van der Waals surface area (Å²) in [5.41, 5.74) is 0. The van der Waals surface area contributed by atoms with E-state index in [1.165, 1.54) is 103 Å². The molecular weight excluding hydrogens is 1050 g/mol. The summed E-state index contributed by atoms with van der Waals surface area (Å²) in [6.45, 7) is 7.11. The number of hydrogen-bond acceptors (Lipinski definition) is 15. The lowest BCUT2D eigenvalue weighted by Gasteiger charge is -2.21. The molecule has 79 heavy (non-hydrogen) atoms. The van der Waals surface area contributed by atoms with Gasteiger partial charge in [-0.05, 0) is 31.6 Å².